The Labute approximate surface area is 149 Å². The SMILES string of the molecule is Cl.Cl.O=C(CCSCc1ccccn1)NCC1CCCNC1. The van der Waals surface area contributed by atoms with Crippen LogP contribution in [-0.2, 0) is 10.5 Å². The number of hydrogen-bond acceptors (Lipinski definition) is 4. The van der Waals surface area contributed by atoms with E-state index in [-0.39, 0.29) is 30.7 Å². The summed E-state index contributed by atoms with van der Waals surface area (Å²) in [6.07, 6.45) is 4.85. The lowest BCUT2D eigenvalue weighted by molar-refractivity contribution is -0.120. The second-order valence-corrected chi connectivity index (χ2v) is 6.25. The van der Waals surface area contributed by atoms with Gasteiger partial charge < -0.3 is 10.6 Å². The van der Waals surface area contributed by atoms with Gasteiger partial charge in [-0.1, -0.05) is 6.07 Å². The lowest BCUT2D eigenvalue weighted by Crippen LogP contribution is -2.38. The number of nitrogens with zero attached hydrogens (tertiary/aromatic N) is 1. The summed E-state index contributed by atoms with van der Waals surface area (Å²) in [5.74, 6) is 2.50. The van der Waals surface area contributed by atoms with Crippen molar-refractivity contribution < 1.29 is 4.79 Å². The summed E-state index contributed by atoms with van der Waals surface area (Å²) >= 11 is 1.76. The van der Waals surface area contributed by atoms with Gasteiger partial charge in [-0.05, 0) is 44.0 Å². The molecule has 2 heterocycles. The van der Waals surface area contributed by atoms with Crippen LogP contribution < -0.4 is 10.6 Å². The Kier molecular flexibility index (Phi) is 12.7. The molecule has 1 aromatic rings. The Morgan fingerprint density at radius 2 is 2.27 bits per heavy atom. The summed E-state index contributed by atoms with van der Waals surface area (Å²) in [5.41, 5.74) is 1.08. The van der Waals surface area contributed by atoms with Gasteiger partial charge in [0.15, 0.2) is 0 Å². The number of carbonyl (C=O) groups excluding carboxylic acids is 1. The molecule has 0 bridgehead atoms. The Morgan fingerprint density at radius 3 is 2.95 bits per heavy atom. The quantitative estimate of drug-likeness (QED) is 0.729. The van der Waals surface area contributed by atoms with Crippen molar-refractivity contribution in [2.75, 3.05) is 25.4 Å². The maximum Gasteiger partial charge on any atom is 0.220 e. The van der Waals surface area contributed by atoms with Crippen molar-refractivity contribution in [3.05, 3.63) is 30.1 Å². The average Bonchev–Trinajstić information content (AvgIpc) is 2.52. The summed E-state index contributed by atoms with van der Waals surface area (Å²) in [5, 5.41) is 6.41. The maximum absolute atomic E-state index is 11.7. The molecule has 2 N–H and O–H groups in total. The molecule has 1 saturated heterocycles. The molecule has 0 aromatic carbocycles. The second-order valence-electron chi connectivity index (χ2n) is 5.14. The van der Waals surface area contributed by atoms with E-state index in [1.54, 1.807) is 18.0 Å². The van der Waals surface area contributed by atoms with E-state index in [1.807, 2.05) is 18.2 Å². The molecule has 2 rings (SSSR count). The number of aromatic nitrogens is 1. The van der Waals surface area contributed by atoms with Gasteiger partial charge in [-0.2, -0.15) is 11.8 Å². The van der Waals surface area contributed by atoms with Crippen LogP contribution in [0.3, 0.4) is 0 Å². The molecule has 126 valence electrons. The van der Waals surface area contributed by atoms with Crippen molar-refractivity contribution in [3.63, 3.8) is 0 Å². The molecule has 1 amide bonds. The van der Waals surface area contributed by atoms with Crippen LogP contribution in [0.5, 0.6) is 0 Å². The standard InChI is InChI=1S/C15H23N3OS.2ClH/c19-15(18-11-13-4-3-7-16-10-13)6-9-20-12-14-5-1-2-8-17-14;;/h1-2,5,8,13,16H,3-4,6-7,9-12H2,(H,18,19);2*1H. The third-order valence-electron chi connectivity index (χ3n) is 3.44. The molecule has 1 fully saturated rings. The number of nitrogens with one attached hydrogen (secondary N) is 2. The van der Waals surface area contributed by atoms with Crippen LogP contribution in [0.1, 0.15) is 25.0 Å². The number of pyridine rings is 1. The fraction of sp³-hybridized carbons (Fsp3) is 0.600. The zero-order valence-electron chi connectivity index (χ0n) is 12.6. The molecule has 4 nitrogen and oxygen atoms in total. The lowest BCUT2D eigenvalue weighted by atomic mass is 10.00. The number of carbonyl (C=O) groups is 1. The first-order valence-corrected chi connectivity index (χ1v) is 8.45. The van der Waals surface area contributed by atoms with E-state index in [9.17, 15) is 4.79 Å². The van der Waals surface area contributed by atoms with Gasteiger partial charge in [-0.15, -0.1) is 24.8 Å². The van der Waals surface area contributed by atoms with Crippen molar-refractivity contribution in [1.29, 1.82) is 0 Å². The second kappa shape index (κ2) is 13.0. The molecule has 1 aliphatic heterocycles. The average molecular weight is 366 g/mol. The van der Waals surface area contributed by atoms with E-state index in [0.29, 0.717) is 12.3 Å². The third-order valence-corrected chi connectivity index (χ3v) is 4.43. The highest BCUT2D eigenvalue weighted by Crippen LogP contribution is 2.11. The number of hydrogen-bond donors (Lipinski definition) is 2. The van der Waals surface area contributed by atoms with E-state index in [0.717, 1.165) is 36.8 Å². The van der Waals surface area contributed by atoms with Crippen molar-refractivity contribution in [1.82, 2.24) is 15.6 Å². The lowest BCUT2D eigenvalue weighted by Gasteiger charge is -2.22. The molecule has 0 aliphatic carbocycles. The summed E-state index contributed by atoms with van der Waals surface area (Å²) in [6, 6.07) is 5.93. The Hall–Kier alpha value is -0.490. The largest absolute Gasteiger partial charge is 0.356 e. The first-order valence-electron chi connectivity index (χ1n) is 7.29. The highest BCUT2D eigenvalue weighted by molar-refractivity contribution is 7.98. The van der Waals surface area contributed by atoms with Crippen molar-refractivity contribution in [3.8, 4) is 0 Å². The van der Waals surface area contributed by atoms with E-state index in [4.69, 9.17) is 0 Å². The van der Waals surface area contributed by atoms with Gasteiger partial charge in [0.2, 0.25) is 5.91 Å². The molecule has 1 unspecified atom stereocenters. The first kappa shape index (κ1) is 21.5. The number of halogens is 2. The van der Waals surface area contributed by atoms with Crippen LogP contribution in [0.4, 0.5) is 0 Å². The zero-order valence-corrected chi connectivity index (χ0v) is 15.1. The molecule has 1 aliphatic rings. The van der Waals surface area contributed by atoms with E-state index < -0.39 is 0 Å². The fourth-order valence-corrected chi connectivity index (χ4v) is 3.12. The van der Waals surface area contributed by atoms with E-state index in [1.165, 1.54) is 12.8 Å². The molecule has 7 heteroatoms. The van der Waals surface area contributed by atoms with Gasteiger partial charge in [0.1, 0.15) is 0 Å². The van der Waals surface area contributed by atoms with Gasteiger partial charge in [-0.25, -0.2) is 0 Å². The van der Waals surface area contributed by atoms with Crippen LogP contribution in [0, 0.1) is 5.92 Å². The van der Waals surface area contributed by atoms with Gasteiger partial charge in [0.25, 0.3) is 0 Å². The summed E-state index contributed by atoms with van der Waals surface area (Å²) < 4.78 is 0. The van der Waals surface area contributed by atoms with E-state index >= 15 is 0 Å². The highest BCUT2D eigenvalue weighted by Gasteiger charge is 2.13. The first-order chi connectivity index (χ1) is 9.84. The van der Waals surface area contributed by atoms with Gasteiger partial charge >= 0.3 is 0 Å². The van der Waals surface area contributed by atoms with Crippen molar-refractivity contribution >= 4 is 42.5 Å². The third kappa shape index (κ3) is 8.83. The fourth-order valence-electron chi connectivity index (χ4n) is 2.27. The van der Waals surface area contributed by atoms with Crippen LogP contribution in [0.2, 0.25) is 0 Å². The molecule has 1 aromatic heterocycles. The predicted octanol–water partition coefficient (Wildman–Crippen LogP) is 2.66. The minimum absolute atomic E-state index is 0. The number of piperidine rings is 1. The Balaban J connectivity index is 0.00000220. The Bertz CT molecular complexity index is 403. The number of rotatable bonds is 7. The topological polar surface area (TPSA) is 54.0 Å². The van der Waals surface area contributed by atoms with Crippen molar-refractivity contribution in [2.24, 2.45) is 5.92 Å². The minimum Gasteiger partial charge on any atom is -0.356 e. The summed E-state index contributed by atoms with van der Waals surface area (Å²) in [4.78, 5) is 16.0. The monoisotopic (exact) mass is 365 g/mol. The minimum atomic E-state index is 0. The highest BCUT2D eigenvalue weighted by atomic mass is 35.5. The van der Waals surface area contributed by atoms with Crippen LogP contribution in [-0.4, -0.2) is 36.3 Å². The predicted molar refractivity (Wildman–Crippen MR) is 98.1 cm³/mol. The molecule has 0 saturated carbocycles. The van der Waals surface area contributed by atoms with Crippen molar-refractivity contribution in [2.45, 2.75) is 25.0 Å². The van der Waals surface area contributed by atoms with Gasteiger partial charge in [0, 0.05) is 30.7 Å². The van der Waals surface area contributed by atoms with E-state index in [2.05, 4.69) is 15.6 Å². The molecule has 0 radical (unpaired) electrons. The van der Waals surface area contributed by atoms with Crippen LogP contribution in [0.15, 0.2) is 24.4 Å². The normalized spacial score (nSPS) is 17.0. The maximum atomic E-state index is 11.7. The molecular weight excluding hydrogens is 341 g/mol. The molecule has 1 atom stereocenters. The molecular formula is C15H25Cl2N3OS. The Morgan fingerprint density at radius 1 is 1.41 bits per heavy atom. The van der Waals surface area contributed by atoms with Crippen LogP contribution >= 0.6 is 36.6 Å². The van der Waals surface area contributed by atoms with Gasteiger partial charge in [-0.3, -0.25) is 9.78 Å². The van der Waals surface area contributed by atoms with Gasteiger partial charge in [0.05, 0.1) is 5.69 Å². The molecule has 0 spiro atoms. The smallest absolute Gasteiger partial charge is 0.220 e. The summed E-state index contributed by atoms with van der Waals surface area (Å²) in [7, 11) is 0. The summed E-state index contributed by atoms with van der Waals surface area (Å²) in [6.45, 7) is 2.97. The number of thioether (sulfide) groups is 1. The molecule has 22 heavy (non-hydrogen) atoms. The van der Waals surface area contributed by atoms with Crippen LogP contribution in [0.25, 0.3) is 0 Å². The zero-order chi connectivity index (χ0) is 14.0. The number of amides is 1.